The van der Waals surface area contributed by atoms with Crippen LogP contribution in [0.15, 0.2) is 24.5 Å². The lowest BCUT2D eigenvalue weighted by Gasteiger charge is -2.37. The quantitative estimate of drug-likeness (QED) is 0.826. The topological polar surface area (TPSA) is 16.1 Å². The van der Waals surface area contributed by atoms with Gasteiger partial charge < -0.3 is 4.90 Å². The van der Waals surface area contributed by atoms with Crippen LogP contribution in [-0.2, 0) is 0 Å². The van der Waals surface area contributed by atoms with Gasteiger partial charge in [-0.1, -0.05) is 26.0 Å². The van der Waals surface area contributed by atoms with E-state index in [1.54, 1.807) is 0 Å². The van der Waals surface area contributed by atoms with Crippen LogP contribution in [0.3, 0.4) is 0 Å². The number of pyridine rings is 1. The Morgan fingerprint density at radius 2 is 2.30 bits per heavy atom. The zero-order chi connectivity index (χ0) is 13.9. The third-order valence-corrected chi connectivity index (χ3v) is 5.01. The number of hydrogen-bond donors (Lipinski definition) is 0. The molecule has 0 bridgehead atoms. The molecule has 1 fully saturated rings. The van der Waals surface area contributed by atoms with Crippen LogP contribution >= 0.6 is 0 Å². The fourth-order valence-electron chi connectivity index (χ4n) is 3.70. The minimum atomic E-state index is 0.656. The molecule has 0 aromatic carbocycles. The average Bonchev–Trinajstić information content (AvgIpc) is 2.48. The van der Waals surface area contributed by atoms with Gasteiger partial charge in [0.15, 0.2) is 0 Å². The number of piperidine rings is 1. The van der Waals surface area contributed by atoms with Crippen LogP contribution in [0.4, 0.5) is 0 Å². The zero-order valence-electron chi connectivity index (χ0n) is 12.8. The summed E-state index contributed by atoms with van der Waals surface area (Å²) in [5, 5.41) is 0. The first-order valence-electron chi connectivity index (χ1n) is 8.07. The van der Waals surface area contributed by atoms with Gasteiger partial charge >= 0.3 is 0 Å². The Labute approximate surface area is 122 Å². The van der Waals surface area contributed by atoms with E-state index in [1.165, 1.54) is 50.0 Å². The third kappa shape index (κ3) is 2.95. The average molecular weight is 270 g/mol. The lowest BCUT2D eigenvalue weighted by atomic mass is 9.85. The van der Waals surface area contributed by atoms with Gasteiger partial charge in [-0.25, -0.2) is 0 Å². The molecule has 1 saturated heterocycles. The molecule has 1 aromatic heterocycles. The van der Waals surface area contributed by atoms with Crippen LogP contribution in [0.25, 0.3) is 6.08 Å². The highest BCUT2D eigenvalue weighted by Gasteiger charge is 2.25. The summed E-state index contributed by atoms with van der Waals surface area (Å²) in [5.41, 5.74) is 2.82. The van der Waals surface area contributed by atoms with Gasteiger partial charge in [0.1, 0.15) is 0 Å². The summed E-state index contributed by atoms with van der Waals surface area (Å²) >= 11 is 0. The van der Waals surface area contributed by atoms with Crippen molar-refractivity contribution in [2.24, 2.45) is 11.8 Å². The fraction of sp³-hybridized carbons (Fsp3) is 0.611. The monoisotopic (exact) mass is 270 g/mol. The maximum atomic E-state index is 4.25. The van der Waals surface area contributed by atoms with Crippen LogP contribution in [0.2, 0.25) is 0 Å². The van der Waals surface area contributed by atoms with Crippen LogP contribution in [0, 0.1) is 11.8 Å². The summed E-state index contributed by atoms with van der Waals surface area (Å²) in [6, 6.07) is 2.22. The molecule has 2 heterocycles. The van der Waals surface area contributed by atoms with Crippen molar-refractivity contribution < 1.29 is 0 Å². The van der Waals surface area contributed by atoms with E-state index < -0.39 is 0 Å². The van der Waals surface area contributed by atoms with E-state index in [9.17, 15) is 0 Å². The Morgan fingerprint density at radius 1 is 1.40 bits per heavy atom. The summed E-state index contributed by atoms with van der Waals surface area (Å²) in [6.45, 7) is 8.53. The third-order valence-electron chi connectivity index (χ3n) is 5.01. The van der Waals surface area contributed by atoms with Crippen LogP contribution in [0.1, 0.15) is 50.2 Å². The number of hydrogen-bond acceptors (Lipinski definition) is 2. The van der Waals surface area contributed by atoms with Gasteiger partial charge in [0, 0.05) is 31.4 Å². The molecule has 20 heavy (non-hydrogen) atoms. The summed E-state index contributed by atoms with van der Waals surface area (Å²) in [4.78, 5) is 6.95. The molecule has 108 valence electrons. The largest absolute Gasteiger partial charge is 0.302 e. The molecule has 0 spiro atoms. The van der Waals surface area contributed by atoms with Gasteiger partial charge in [-0.3, -0.25) is 4.98 Å². The van der Waals surface area contributed by atoms with Crippen molar-refractivity contribution in [1.29, 1.82) is 0 Å². The summed E-state index contributed by atoms with van der Waals surface area (Å²) in [7, 11) is 0. The number of nitrogens with zero attached hydrogens (tertiary/aromatic N) is 2. The standard InChI is InChI=1S/C18H26N2/c1-14(2)16-7-4-10-20(12-16)13-17-6-3-5-15-11-19-9-8-18(15)17/h3,5,8-9,11,14,16-17H,4,6-7,10,12-13H2,1-2H3. The molecule has 1 aliphatic heterocycles. The molecule has 2 unspecified atom stereocenters. The molecule has 0 saturated carbocycles. The molecule has 2 nitrogen and oxygen atoms in total. The molecular weight excluding hydrogens is 244 g/mol. The summed E-state index contributed by atoms with van der Waals surface area (Å²) < 4.78 is 0. The van der Waals surface area contributed by atoms with E-state index in [1.807, 2.05) is 12.4 Å². The normalized spacial score (nSPS) is 26.8. The first-order chi connectivity index (χ1) is 9.74. The van der Waals surface area contributed by atoms with E-state index >= 15 is 0 Å². The highest BCUT2D eigenvalue weighted by atomic mass is 15.1. The van der Waals surface area contributed by atoms with Crippen molar-refractivity contribution in [2.45, 2.75) is 39.0 Å². The van der Waals surface area contributed by atoms with Crippen molar-refractivity contribution in [1.82, 2.24) is 9.88 Å². The second-order valence-corrected chi connectivity index (χ2v) is 6.75. The maximum Gasteiger partial charge on any atom is 0.0343 e. The Bertz CT molecular complexity index is 478. The minimum Gasteiger partial charge on any atom is -0.302 e. The van der Waals surface area contributed by atoms with E-state index in [4.69, 9.17) is 0 Å². The molecule has 0 N–H and O–H groups in total. The van der Waals surface area contributed by atoms with Crippen molar-refractivity contribution in [3.05, 3.63) is 35.7 Å². The molecule has 2 atom stereocenters. The van der Waals surface area contributed by atoms with Gasteiger partial charge in [-0.15, -0.1) is 0 Å². The Balaban J connectivity index is 1.68. The minimum absolute atomic E-state index is 0.656. The molecule has 2 aliphatic rings. The highest BCUT2D eigenvalue weighted by Crippen LogP contribution is 2.31. The van der Waals surface area contributed by atoms with Crippen molar-refractivity contribution in [3.8, 4) is 0 Å². The van der Waals surface area contributed by atoms with Crippen LogP contribution < -0.4 is 0 Å². The molecule has 3 rings (SSSR count). The molecule has 0 amide bonds. The Morgan fingerprint density at radius 3 is 3.15 bits per heavy atom. The number of aromatic nitrogens is 1. The number of fused-ring (bicyclic) bond motifs is 1. The Kier molecular flexibility index (Phi) is 4.21. The predicted octanol–water partition coefficient (Wildman–Crippen LogP) is 3.95. The van der Waals surface area contributed by atoms with E-state index in [-0.39, 0.29) is 0 Å². The maximum absolute atomic E-state index is 4.25. The summed E-state index contributed by atoms with van der Waals surface area (Å²) in [5.74, 6) is 2.37. The lowest BCUT2D eigenvalue weighted by molar-refractivity contribution is 0.138. The van der Waals surface area contributed by atoms with Gasteiger partial charge in [0.05, 0.1) is 0 Å². The predicted molar refractivity (Wildman–Crippen MR) is 84.6 cm³/mol. The fourth-order valence-corrected chi connectivity index (χ4v) is 3.70. The smallest absolute Gasteiger partial charge is 0.0343 e. The second-order valence-electron chi connectivity index (χ2n) is 6.75. The van der Waals surface area contributed by atoms with Gasteiger partial charge in [0.2, 0.25) is 0 Å². The van der Waals surface area contributed by atoms with Crippen molar-refractivity contribution in [3.63, 3.8) is 0 Å². The summed E-state index contributed by atoms with van der Waals surface area (Å²) in [6.07, 6.45) is 12.5. The van der Waals surface area contributed by atoms with E-state index in [0.717, 1.165) is 11.8 Å². The van der Waals surface area contributed by atoms with E-state index in [2.05, 4.69) is 41.9 Å². The SMILES string of the molecule is CC(C)C1CCCN(CC2CC=Cc3cnccc32)C1. The first-order valence-corrected chi connectivity index (χ1v) is 8.07. The number of rotatable bonds is 3. The van der Waals surface area contributed by atoms with Crippen molar-refractivity contribution >= 4 is 6.08 Å². The molecular formula is C18H26N2. The van der Waals surface area contributed by atoms with Crippen LogP contribution in [-0.4, -0.2) is 29.5 Å². The zero-order valence-corrected chi connectivity index (χ0v) is 12.8. The molecule has 0 radical (unpaired) electrons. The van der Waals surface area contributed by atoms with Gasteiger partial charge in [-0.05, 0) is 54.8 Å². The molecule has 1 aliphatic carbocycles. The highest BCUT2D eigenvalue weighted by molar-refractivity contribution is 5.56. The second kappa shape index (κ2) is 6.09. The van der Waals surface area contributed by atoms with Gasteiger partial charge in [-0.2, -0.15) is 0 Å². The van der Waals surface area contributed by atoms with Gasteiger partial charge in [0.25, 0.3) is 0 Å². The van der Waals surface area contributed by atoms with Crippen molar-refractivity contribution in [2.75, 3.05) is 19.6 Å². The van der Waals surface area contributed by atoms with Crippen LogP contribution in [0.5, 0.6) is 0 Å². The number of allylic oxidation sites excluding steroid dienone is 1. The lowest BCUT2D eigenvalue weighted by Crippen LogP contribution is -2.39. The number of likely N-dealkylation sites (tertiary alicyclic amines) is 1. The molecule has 2 heteroatoms. The first kappa shape index (κ1) is 13.8. The molecule has 1 aromatic rings. The Hall–Kier alpha value is -1.15. The van der Waals surface area contributed by atoms with E-state index in [0.29, 0.717) is 5.92 Å².